The smallest absolute Gasteiger partial charge is 0.303 e. The van der Waals surface area contributed by atoms with Crippen molar-refractivity contribution in [2.75, 3.05) is 20.0 Å². The van der Waals surface area contributed by atoms with Gasteiger partial charge in [0.15, 0.2) is 17.3 Å². The van der Waals surface area contributed by atoms with E-state index in [0.717, 1.165) is 16.7 Å². The highest BCUT2D eigenvalue weighted by atomic mass is 35.5. The van der Waals surface area contributed by atoms with E-state index in [0.29, 0.717) is 44.8 Å². The fraction of sp³-hybridized carbons (Fsp3) is 0.138. The molecule has 0 aliphatic carbocycles. The fourth-order valence-corrected chi connectivity index (χ4v) is 4.76. The first-order valence-electron chi connectivity index (χ1n) is 12.0. The molecule has 0 aliphatic heterocycles. The second-order valence-corrected chi connectivity index (χ2v) is 9.10. The molecule has 2 heterocycles. The van der Waals surface area contributed by atoms with Gasteiger partial charge in [-0.15, -0.1) is 0 Å². The molecule has 198 valence electrons. The van der Waals surface area contributed by atoms with Crippen LogP contribution in [0.2, 0.25) is 5.02 Å². The molecule has 10 heteroatoms. The number of aliphatic carboxylic acids is 1. The van der Waals surface area contributed by atoms with Crippen molar-refractivity contribution in [2.45, 2.75) is 12.8 Å². The Kier molecular flexibility index (Phi) is 7.25. The van der Waals surface area contributed by atoms with Crippen LogP contribution in [0.1, 0.15) is 12.0 Å². The first-order valence-corrected chi connectivity index (χ1v) is 12.4. The first-order chi connectivity index (χ1) is 18.9. The molecule has 0 amide bonds. The maximum Gasteiger partial charge on any atom is 0.303 e. The SMILES string of the molecule is COc1cccc(-c2c(CCC(=O)O)c(-c3ccc(Oc4cccc(Cl)c4)c(OC)c3)c3c(N)ncnn23)c1. The number of rotatable bonds is 9. The van der Waals surface area contributed by atoms with E-state index in [1.54, 1.807) is 49.1 Å². The number of aromatic nitrogens is 3. The number of carboxylic acid groups (broad SMARTS) is 1. The van der Waals surface area contributed by atoms with Crippen LogP contribution in [0.5, 0.6) is 23.0 Å². The predicted molar refractivity (Wildman–Crippen MR) is 149 cm³/mol. The molecule has 0 aliphatic rings. The Balaban J connectivity index is 1.73. The summed E-state index contributed by atoms with van der Waals surface area (Å²) in [6.07, 6.45) is 1.50. The Hall–Kier alpha value is -4.76. The Morgan fingerprint density at radius 1 is 0.974 bits per heavy atom. The summed E-state index contributed by atoms with van der Waals surface area (Å²) in [5.41, 5.74) is 10.6. The van der Waals surface area contributed by atoms with Gasteiger partial charge in [-0.1, -0.05) is 35.9 Å². The van der Waals surface area contributed by atoms with Crippen molar-refractivity contribution in [1.82, 2.24) is 14.6 Å². The monoisotopic (exact) mass is 544 g/mol. The zero-order valence-corrected chi connectivity index (χ0v) is 22.0. The summed E-state index contributed by atoms with van der Waals surface area (Å²) >= 11 is 6.11. The highest BCUT2D eigenvalue weighted by molar-refractivity contribution is 6.30. The molecule has 0 saturated carbocycles. The van der Waals surface area contributed by atoms with Gasteiger partial charge in [0.2, 0.25) is 0 Å². The molecule has 0 atom stereocenters. The largest absolute Gasteiger partial charge is 0.497 e. The van der Waals surface area contributed by atoms with Crippen LogP contribution in [-0.2, 0) is 11.2 Å². The van der Waals surface area contributed by atoms with Crippen LogP contribution in [-0.4, -0.2) is 39.9 Å². The van der Waals surface area contributed by atoms with Crippen molar-refractivity contribution in [2.24, 2.45) is 0 Å². The number of benzene rings is 3. The van der Waals surface area contributed by atoms with E-state index in [-0.39, 0.29) is 18.7 Å². The molecule has 2 aromatic heterocycles. The fourth-order valence-electron chi connectivity index (χ4n) is 4.58. The number of nitrogens with zero attached hydrogens (tertiary/aromatic N) is 3. The summed E-state index contributed by atoms with van der Waals surface area (Å²) < 4.78 is 18.9. The molecule has 0 radical (unpaired) electrons. The third kappa shape index (κ3) is 5.17. The van der Waals surface area contributed by atoms with Gasteiger partial charge in [-0.05, 0) is 60.0 Å². The van der Waals surface area contributed by atoms with Crippen molar-refractivity contribution in [3.63, 3.8) is 0 Å². The minimum Gasteiger partial charge on any atom is -0.497 e. The molecule has 3 N–H and O–H groups in total. The van der Waals surface area contributed by atoms with E-state index in [9.17, 15) is 9.90 Å². The van der Waals surface area contributed by atoms with Crippen LogP contribution in [0.15, 0.2) is 73.1 Å². The molecular weight excluding hydrogens is 520 g/mol. The van der Waals surface area contributed by atoms with Crippen LogP contribution in [0.3, 0.4) is 0 Å². The maximum absolute atomic E-state index is 11.7. The first kappa shape index (κ1) is 25.9. The molecular formula is C29H25ClN4O5. The van der Waals surface area contributed by atoms with Crippen molar-refractivity contribution in [3.8, 4) is 45.4 Å². The van der Waals surface area contributed by atoms with Crippen molar-refractivity contribution in [1.29, 1.82) is 0 Å². The van der Waals surface area contributed by atoms with E-state index in [1.807, 2.05) is 36.4 Å². The Morgan fingerprint density at radius 3 is 2.51 bits per heavy atom. The van der Waals surface area contributed by atoms with Gasteiger partial charge in [-0.2, -0.15) is 5.10 Å². The highest BCUT2D eigenvalue weighted by Crippen LogP contribution is 2.44. The van der Waals surface area contributed by atoms with Crippen molar-refractivity contribution < 1.29 is 24.1 Å². The molecule has 9 nitrogen and oxygen atoms in total. The molecule has 0 unspecified atom stereocenters. The van der Waals surface area contributed by atoms with Crippen molar-refractivity contribution >= 4 is 28.9 Å². The standard InChI is InChI=1S/C29H25ClN4O5/c1-37-20-7-3-5-18(13-20)27-22(10-12-25(35)36)26(28-29(31)32-16-33-34(27)28)17-9-11-23(24(14-17)38-2)39-21-8-4-6-19(30)15-21/h3-9,11,13-16H,10,12H2,1-2H3,(H,35,36)(H2,31,32,33). The van der Waals surface area contributed by atoms with Gasteiger partial charge >= 0.3 is 5.97 Å². The highest BCUT2D eigenvalue weighted by Gasteiger charge is 2.25. The Bertz CT molecular complexity index is 1680. The summed E-state index contributed by atoms with van der Waals surface area (Å²) in [6, 6.07) is 20.0. The lowest BCUT2D eigenvalue weighted by Gasteiger charge is -2.13. The number of carboxylic acids is 1. The summed E-state index contributed by atoms with van der Waals surface area (Å²) in [7, 11) is 3.14. The van der Waals surface area contributed by atoms with E-state index in [2.05, 4.69) is 10.1 Å². The second-order valence-electron chi connectivity index (χ2n) is 8.66. The number of hydrogen-bond donors (Lipinski definition) is 2. The van der Waals surface area contributed by atoms with Gasteiger partial charge in [0.25, 0.3) is 0 Å². The predicted octanol–water partition coefficient (Wildman–Crippen LogP) is 6.13. The molecule has 0 spiro atoms. The second kappa shape index (κ2) is 10.9. The van der Waals surface area contributed by atoms with E-state index in [1.165, 1.54) is 6.33 Å². The molecule has 5 rings (SSSR count). The molecule has 0 bridgehead atoms. The molecule has 0 saturated heterocycles. The van der Waals surface area contributed by atoms with Gasteiger partial charge in [-0.3, -0.25) is 4.79 Å². The number of carbonyl (C=O) groups is 1. The average molecular weight is 545 g/mol. The topological polar surface area (TPSA) is 121 Å². The molecule has 3 aromatic carbocycles. The average Bonchev–Trinajstić information content (AvgIpc) is 3.27. The number of hydrogen-bond acceptors (Lipinski definition) is 7. The summed E-state index contributed by atoms with van der Waals surface area (Å²) in [5, 5.41) is 14.6. The maximum atomic E-state index is 11.7. The summed E-state index contributed by atoms with van der Waals surface area (Å²) in [6.45, 7) is 0. The lowest BCUT2D eigenvalue weighted by Crippen LogP contribution is -2.01. The van der Waals surface area contributed by atoms with Gasteiger partial charge in [-0.25, -0.2) is 9.50 Å². The van der Waals surface area contributed by atoms with Crippen molar-refractivity contribution in [3.05, 3.63) is 83.6 Å². The number of fused-ring (bicyclic) bond motifs is 1. The van der Waals surface area contributed by atoms with E-state index < -0.39 is 5.97 Å². The minimum absolute atomic E-state index is 0.0960. The lowest BCUT2D eigenvalue weighted by molar-refractivity contribution is -0.136. The number of nitrogens with two attached hydrogens (primary N) is 1. The normalized spacial score (nSPS) is 10.9. The third-order valence-corrected chi connectivity index (χ3v) is 6.50. The summed E-state index contributed by atoms with van der Waals surface area (Å²) in [5.74, 6) is 1.49. The number of ether oxygens (including phenoxy) is 3. The Morgan fingerprint density at radius 2 is 1.77 bits per heavy atom. The van der Waals surface area contributed by atoms with Crippen LogP contribution in [0, 0.1) is 0 Å². The molecule has 39 heavy (non-hydrogen) atoms. The van der Waals surface area contributed by atoms with Gasteiger partial charge < -0.3 is 25.1 Å². The number of halogens is 1. The third-order valence-electron chi connectivity index (χ3n) is 6.26. The number of nitrogen functional groups attached to an aromatic ring is 1. The number of methoxy groups -OCH3 is 2. The molecule has 0 fully saturated rings. The van der Waals surface area contributed by atoms with E-state index >= 15 is 0 Å². The Labute approximate surface area is 229 Å². The van der Waals surface area contributed by atoms with Crippen LogP contribution < -0.4 is 19.9 Å². The van der Waals surface area contributed by atoms with Crippen LogP contribution in [0.4, 0.5) is 5.82 Å². The minimum atomic E-state index is -0.922. The van der Waals surface area contributed by atoms with Gasteiger partial charge in [0.05, 0.1) is 19.9 Å². The molecule has 5 aromatic rings. The summed E-state index contributed by atoms with van der Waals surface area (Å²) in [4.78, 5) is 15.9. The number of anilines is 1. The van der Waals surface area contributed by atoms with Gasteiger partial charge in [0, 0.05) is 22.6 Å². The van der Waals surface area contributed by atoms with E-state index in [4.69, 9.17) is 31.5 Å². The van der Waals surface area contributed by atoms with Crippen LogP contribution in [0.25, 0.3) is 27.9 Å². The quantitative estimate of drug-likeness (QED) is 0.227. The van der Waals surface area contributed by atoms with Crippen LogP contribution >= 0.6 is 11.6 Å². The lowest BCUT2D eigenvalue weighted by atomic mass is 9.95. The zero-order chi connectivity index (χ0) is 27.5. The zero-order valence-electron chi connectivity index (χ0n) is 21.2. The van der Waals surface area contributed by atoms with Gasteiger partial charge in [0.1, 0.15) is 23.3 Å².